The summed E-state index contributed by atoms with van der Waals surface area (Å²) in [5.74, 6) is 0.492. The third kappa shape index (κ3) is 4.55. The molecule has 3 rings (SSSR count). The highest BCUT2D eigenvalue weighted by molar-refractivity contribution is 7.16. The number of para-hydroxylation sites is 1. The van der Waals surface area contributed by atoms with Crippen molar-refractivity contribution in [1.29, 1.82) is 0 Å². The van der Waals surface area contributed by atoms with Crippen LogP contribution in [0.5, 0.6) is 5.75 Å². The third-order valence-electron chi connectivity index (χ3n) is 3.49. The molecule has 128 valence electrons. The lowest BCUT2D eigenvalue weighted by Crippen LogP contribution is -2.35. The summed E-state index contributed by atoms with van der Waals surface area (Å²) in [6, 6.07) is 16.6. The van der Waals surface area contributed by atoms with E-state index in [2.05, 4.69) is 5.32 Å². The molecule has 0 bridgehead atoms. The Hall–Kier alpha value is -2.44. The molecule has 0 saturated carbocycles. The normalized spacial score (nSPS) is 11.7. The van der Waals surface area contributed by atoms with Gasteiger partial charge in [0, 0.05) is 4.88 Å². The van der Waals surface area contributed by atoms with E-state index in [4.69, 9.17) is 4.74 Å². The molecule has 4 nitrogen and oxygen atoms in total. The van der Waals surface area contributed by atoms with Gasteiger partial charge in [0.2, 0.25) is 5.78 Å². The molecule has 25 heavy (non-hydrogen) atoms. The molecule has 0 aliphatic heterocycles. The lowest BCUT2D eigenvalue weighted by Gasteiger charge is -2.14. The Kier molecular flexibility index (Phi) is 5.63. The number of carbonyl (C=O) groups is 2. The molecular formula is C19H17NO3S2. The Morgan fingerprint density at radius 3 is 2.56 bits per heavy atom. The van der Waals surface area contributed by atoms with Gasteiger partial charge in [-0.1, -0.05) is 24.3 Å². The quantitative estimate of drug-likeness (QED) is 0.636. The standard InChI is InChI=1S/C19H17NO3S2/c1-13(23-14-6-3-2-4-7-14)19(22)20-12-15-9-10-17(25-15)18(21)16-8-5-11-24-16/h2-11,13H,12H2,1H3,(H,20,22). The number of hydrogen-bond acceptors (Lipinski definition) is 5. The van der Waals surface area contributed by atoms with Gasteiger partial charge in [-0.3, -0.25) is 9.59 Å². The van der Waals surface area contributed by atoms with Crippen LogP contribution in [0.3, 0.4) is 0 Å². The van der Waals surface area contributed by atoms with Gasteiger partial charge in [0.05, 0.1) is 16.3 Å². The molecular weight excluding hydrogens is 354 g/mol. The zero-order valence-electron chi connectivity index (χ0n) is 13.6. The van der Waals surface area contributed by atoms with Crippen molar-refractivity contribution >= 4 is 34.4 Å². The van der Waals surface area contributed by atoms with Crippen LogP contribution in [-0.2, 0) is 11.3 Å². The maximum atomic E-state index is 12.3. The van der Waals surface area contributed by atoms with E-state index in [1.54, 1.807) is 13.0 Å². The van der Waals surface area contributed by atoms with Gasteiger partial charge in [-0.05, 0) is 42.6 Å². The topological polar surface area (TPSA) is 55.4 Å². The predicted molar refractivity (Wildman–Crippen MR) is 100 cm³/mol. The van der Waals surface area contributed by atoms with Gasteiger partial charge in [-0.25, -0.2) is 0 Å². The molecule has 0 saturated heterocycles. The molecule has 0 aliphatic rings. The number of rotatable bonds is 7. The Balaban J connectivity index is 1.53. The molecule has 1 N–H and O–H groups in total. The zero-order valence-corrected chi connectivity index (χ0v) is 15.2. The highest BCUT2D eigenvalue weighted by atomic mass is 32.1. The van der Waals surface area contributed by atoms with Crippen molar-refractivity contribution in [2.45, 2.75) is 19.6 Å². The minimum atomic E-state index is -0.588. The minimum absolute atomic E-state index is 0.0263. The average molecular weight is 371 g/mol. The molecule has 0 spiro atoms. The second kappa shape index (κ2) is 8.09. The van der Waals surface area contributed by atoms with E-state index >= 15 is 0 Å². The highest BCUT2D eigenvalue weighted by Crippen LogP contribution is 2.22. The van der Waals surface area contributed by atoms with Gasteiger partial charge in [-0.2, -0.15) is 0 Å². The number of amides is 1. The molecule has 0 radical (unpaired) electrons. The van der Waals surface area contributed by atoms with Crippen LogP contribution in [-0.4, -0.2) is 17.8 Å². The summed E-state index contributed by atoms with van der Waals surface area (Å²) >= 11 is 2.83. The van der Waals surface area contributed by atoms with Crippen LogP contribution < -0.4 is 10.1 Å². The first-order chi connectivity index (χ1) is 12.1. The van der Waals surface area contributed by atoms with Gasteiger partial charge < -0.3 is 10.1 Å². The lowest BCUT2D eigenvalue weighted by atomic mass is 10.3. The number of carbonyl (C=O) groups excluding carboxylic acids is 2. The third-order valence-corrected chi connectivity index (χ3v) is 5.45. The van der Waals surface area contributed by atoms with Gasteiger partial charge in [0.1, 0.15) is 5.75 Å². The first kappa shape index (κ1) is 17.4. The van der Waals surface area contributed by atoms with Crippen LogP contribution in [0, 0.1) is 0 Å². The second-order valence-corrected chi connectivity index (χ2v) is 7.48. The van der Waals surface area contributed by atoms with Crippen molar-refractivity contribution in [1.82, 2.24) is 5.32 Å². The average Bonchev–Trinajstić information content (AvgIpc) is 3.32. The Labute approximate surface area is 154 Å². The van der Waals surface area contributed by atoms with Crippen LogP contribution in [0.25, 0.3) is 0 Å². The summed E-state index contributed by atoms with van der Waals surface area (Å²) in [7, 11) is 0. The fourth-order valence-electron chi connectivity index (χ4n) is 2.20. The van der Waals surface area contributed by atoms with E-state index in [1.165, 1.54) is 22.7 Å². The molecule has 1 unspecified atom stereocenters. The number of thiophene rings is 2. The number of benzene rings is 1. The molecule has 1 aromatic carbocycles. The minimum Gasteiger partial charge on any atom is -0.481 e. The maximum Gasteiger partial charge on any atom is 0.261 e. The van der Waals surface area contributed by atoms with Crippen LogP contribution in [0.15, 0.2) is 60.0 Å². The van der Waals surface area contributed by atoms with E-state index in [1.807, 2.05) is 53.9 Å². The monoisotopic (exact) mass is 371 g/mol. The molecule has 0 fully saturated rings. The van der Waals surface area contributed by atoms with Crippen molar-refractivity contribution < 1.29 is 14.3 Å². The van der Waals surface area contributed by atoms with Crippen molar-refractivity contribution in [3.63, 3.8) is 0 Å². The van der Waals surface area contributed by atoms with Crippen LogP contribution in [0.1, 0.15) is 26.3 Å². The van der Waals surface area contributed by atoms with Crippen molar-refractivity contribution in [3.05, 3.63) is 74.6 Å². The first-order valence-electron chi connectivity index (χ1n) is 7.80. The summed E-state index contributed by atoms with van der Waals surface area (Å²) in [4.78, 5) is 26.8. The molecule has 0 aliphatic carbocycles. The maximum absolute atomic E-state index is 12.3. The number of ether oxygens (including phenoxy) is 1. The second-order valence-electron chi connectivity index (χ2n) is 5.36. The zero-order chi connectivity index (χ0) is 17.6. The van der Waals surface area contributed by atoms with Crippen LogP contribution in [0.2, 0.25) is 0 Å². The molecule has 6 heteroatoms. The fourth-order valence-corrected chi connectivity index (χ4v) is 3.84. The van der Waals surface area contributed by atoms with E-state index in [0.717, 1.165) is 9.75 Å². The van der Waals surface area contributed by atoms with Gasteiger partial charge >= 0.3 is 0 Å². The highest BCUT2D eigenvalue weighted by Gasteiger charge is 2.16. The fraction of sp³-hybridized carbons (Fsp3) is 0.158. The van der Waals surface area contributed by atoms with Gasteiger partial charge in [-0.15, -0.1) is 22.7 Å². The largest absolute Gasteiger partial charge is 0.481 e. The van der Waals surface area contributed by atoms with Crippen molar-refractivity contribution in [2.24, 2.45) is 0 Å². The summed E-state index contributed by atoms with van der Waals surface area (Å²) in [5.41, 5.74) is 0. The molecule has 2 aromatic heterocycles. The lowest BCUT2D eigenvalue weighted by molar-refractivity contribution is -0.127. The Morgan fingerprint density at radius 2 is 1.84 bits per heavy atom. The number of nitrogens with one attached hydrogen (secondary N) is 1. The smallest absolute Gasteiger partial charge is 0.261 e. The predicted octanol–water partition coefficient (Wildman–Crippen LogP) is 4.12. The van der Waals surface area contributed by atoms with Crippen LogP contribution >= 0.6 is 22.7 Å². The number of ketones is 1. The summed E-state index contributed by atoms with van der Waals surface area (Å²) in [5, 5.41) is 4.73. The van der Waals surface area contributed by atoms with E-state index < -0.39 is 6.10 Å². The number of hydrogen-bond donors (Lipinski definition) is 1. The first-order valence-corrected chi connectivity index (χ1v) is 9.49. The Bertz CT molecular complexity index is 841. The van der Waals surface area contributed by atoms with E-state index in [9.17, 15) is 9.59 Å². The van der Waals surface area contributed by atoms with Crippen molar-refractivity contribution in [2.75, 3.05) is 0 Å². The van der Waals surface area contributed by atoms with Gasteiger partial charge in [0.15, 0.2) is 6.10 Å². The molecule has 2 heterocycles. The molecule has 3 aromatic rings. The van der Waals surface area contributed by atoms with Crippen LogP contribution in [0.4, 0.5) is 0 Å². The summed E-state index contributed by atoms with van der Waals surface area (Å²) in [6.07, 6.45) is -0.588. The Morgan fingerprint density at radius 1 is 1.04 bits per heavy atom. The molecule has 1 amide bonds. The van der Waals surface area contributed by atoms with Gasteiger partial charge in [0.25, 0.3) is 5.91 Å². The van der Waals surface area contributed by atoms with E-state index in [-0.39, 0.29) is 11.7 Å². The van der Waals surface area contributed by atoms with Crippen molar-refractivity contribution in [3.8, 4) is 5.75 Å². The molecule has 1 atom stereocenters. The summed E-state index contributed by atoms with van der Waals surface area (Å²) in [6.45, 7) is 2.09. The SMILES string of the molecule is CC(Oc1ccccc1)C(=O)NCc1ccc(C(=O)c2cccs2)s1. The van der Waals surface area contributed by atoms with E-state index in [0.29, 0.717) is 17.2 Å². The summed E-state index contributed by atoms with van der Waals surface area (Å²) < 4.78 is 5.60.